The van der Waals surface area contributed by atoms with E-state index in [-0.39, 0.29) is 5.91 Å². The third-order valence-corrected chi connectivity index (χ3v) is 5.21. The lowest BCUT2D eigenvalue weighted by Crippen LogP contribution is -2.38. The first-order chi connectivity index (χ1) is 12.7. The van der Waals surface area contributed by atoms with Crippen LogP contribution in [0.15, 0.2) is 42.6 Å². The summed E-state index contributed by atoms with van der Waals surface area (Å²) in [6.07, 6.45) is 4.09. The second-order valence-corrected chi connectivity index (χ2v) is 6.82. The Bertz CT molecular complexity index is 834. The van der Waals surface area contributed by atoms with Crippen molar-refractivity contribution in [2.24, 2.45) is 0 Å². The number of nitrogens with one attached hydrogen (secondary N) is 1. The Morgan fingerprint density at radius 2 is 2.00 bits per heavy atom. The number of amides is 1. The van der Waals surface area contributed by atoms with Crippen LogP contribution in [-0.4, -0.2) is 48.0 Å². The minimum Gasteiger partial charge on any atom is -0.352 e. The van der Waals surface area contributed by atoms with Gasteiger partial charge in [-0.05, 0) is 43.2 Å². The summed E-state index contributed by atoms with van der Waals surface area (Å²) in [7, 11) is 0. The molecule has 3 aliphatic rings. The summed E-state index contributed by atoms with van der Waals surface area (Å²) in [4.78, 5) is 21.8. The number of fused-ring (bicyclic) bond motifs is 4. The number of nitrogens with zero attached hydrogens (tertiary/aromatic N) is 4. The fourth-order valence-corrected chi connectivity index (χ4v) is 3.75. The molecule has 1 N–H and O–H groups in total. The number of pyridine rings is 1. The third kappa shape index (κ3) is 3.39. The molecule has 6 heteroatoms. The van der Waals surface area contributed by atoms with Crippen molar-refractivity contribution in [1.29, 1.82) is 5.26 Å². The van der Waals surface area contributed by atoms with Gasteiger partial charge in [-0.3, -0.25) is 4.79 Å². The molecule has 0 aliphatic carbocycles. The Hall–Kier alpha value is -2.91. The van der Waals surface area contributed by atoms with Crippen LogP contribution in [0, 0.1) is 11.3 Å². The van der Waals surface area contributed by atoms with Crippen LogP contribution >= 0.6 is 0 Å². The van der Waals surface area contributed by atoms with Gasteiger partial charge in [0.1, 0.15) is 5.82 Å². The fraction of sp³-hybridized carbons (Fsp3) is 0.350. The van der Waals surface area contributed by atoms with Gasteiger partial charge in [-0.25, -0.2) is 4.98 Å². The first-order valence-electron chi connectivity index (χ1n) is 8.99. The monoisotopic (exact) mass is 347 g/mol. The highest BCUT2D eigenvalue weighted by molar-refractivity contribution is 6.04. The lowest BCUT2D eigenvalue weighted by atomic mass is 10.1. The molecule has 0 unspecified atom stereocenters. The van der Waals surface area contributed by atoms with Crippen LogP contribution in [0.5, 0.6) is 0 Å². The van der Waals surface area contributed by atoms with E-state index in [9.17, 15) is 4.79 Å². The molecule has 4 heterocycles. The first-order valence-corrected chi connectivity index (χ1v) is 8.99. The molecule has 1 aromatic heterocycles. The quantitative estimate of drug-likeness (QED) is 0.923. The molecule has 2 bridgehead atoms. The Morgan fingerprint density at radius 3 is 2.73 bits per heavy atom. The number of carbonyl (C=O) groups excluding carboxylic acids is 1. The van der Waals surface area contributed by atoms with Crippen molar-refractivity contribution < 1.29 is 4.79 Å². The van der Waals surface area contributed by atoms with E-state index in [0.29, 0.717) is 22.9 Å². The average molecular weight is 347 g/mol. The van der Waals surface area contributed by atoms with Gasteiger partial charge in [0.25, 0.3) is 5.91 Å². The molecule has 0 spiro atoms. The van der Waals surface area contributed by atoms with Gasteiger partial charge in [-0.1, -0.05) is 6.07 Å². The van der Waals surface area contributed by atoms with Crippen LogP contribution in [0.2, 0.25) is 0 Å². The maximum Gasteiger partial charge on any atom is 0.255 e. The molecule has 6 nitrogen and oxygen atoms in total. The van der Waals surface area contributed by atoms with Crippen molar-refractivity contribution in [3.05, 3.63) is 53.7 Å². The zero-order valence-corrected chi connectivity index (χ0v) is 14.6. The second kappa shape index (κ2) is 7.14. The zero-order chi connectivity index (χ0) is 17.9. The van der Waals surface area contributed by atoms with Crippen LogP contribution in [0.3, 0.4) is 0 Å². The minimum absolute atomic E-state index is 0.238. The summed E-state index contributed by atoms with van der Waals surface area (Å²) in [5.41, 5.74) is 1.59. The molecule has 3 saturated heterocycles. The van der Waals surface area contributed by atoms with Crippen molar-refractivity contribution in [2.75, 3.05) is 36.4 Å². The maximum absolute atomic E-state index is 12.4. The van der Waals surface area contributed by atoms with Gasteiger partial charge in [-0.15, -0.1) is 0 Å². The van der Waals surface area contributed by atoms with Crippen molar-refractivity contribution in [1.82, 2.24) is 9.88 Å². The van der Waals surface area contributed by atoms with Gasteiger partial charge >= 0.3 is 0 Å². The zero-order valence-electron chi connectivity index (χ0n) is 14.6. The summed E-state index contributed by atoms with van der Waals surface area (Å²) in [6.45, 7) is 4.45. The number of aromatic nitrogens is 1. The number of rotatable bonds is 3. The number of piperidine rings is 1. The van der Waals surface area contributed by atoms with Crippen LogP contribution in [-0.2, 0) is 0 Å². The molecule has 1 amide bonds. The SMILES string of the molecule is N#Cc1cccc(C(=O)Nc2ccc(N3CCN4CCC3CC4)nc2)c1. The topological polar surface area (TPSA) is 72.3 Å². The van der Waals surface area contributed by atoms with E-state index in [0.717, 1.165) is 18.9 Å². The highest BCUT2D eigenvalue weighted by Gasteiger charge is 2.29. The Morgan fingerprint density at radius 1 is 1.15 bits per heavy atom. The summed E-state index contributed by atoms with van der Waals surface area (Å²) in [6, 6.07) is 13.2. The maximum atomic E-state index is 12.4. The Balaban J connectivity index is 1.46. The van der Waals surface area contributed by atoms with E-state index in [1.165, 1.54) is 25.9 Å². The summed E-state index contributed by atoms with van der Waals surface area (Å²) in [5, 5.41) is 11.8. The molecule has 1 aromatic carbocycles. The number of carbonyl (C=O) groups is 1. The number of benzene rings is 1. The summed E-state index contributed by atoms with van der Waals surface area (Å²) < 4.78 is 0. The average Bonchev–Trinajstić information content (AvgIpc) is 3.02. The molecule has 3 aliphatic heterocycles. The number of anilines is 2. The number of nitriles is 1. The Kier molecular flexibility index (Phi) is 4.55. The smallest absolute Gasteiger partial charge is 0.255 e. The minimum atomic E-state index is -0.238. The molecule has 0 radical (unpaired) electrons. The summed E-state index contributed by atoms with van der Waals surface area (Å²) >= 11 is 0. The van der Waals surface area contributed by atoms with E-state index in [4.69, 9.17) is 5.26 Å². The predicted molar refractivity (Wildman–Crippen MR) is 100 cm³/mol. The fourth-order valence-electron chi connectivity index (χ4n) is 3.75. The molecular formula is C20H21N5O. The van der Waals surface area contributed by atoms with Crippen LogP contribution < -0.4 is 10.2 Å². The van der Waals surface area contributed by atoms with E-state index in [1.54, 1.807) is 30.5 Å². The van der Waals surface area contributed by atoms with E-state index in [2.05, 4.69) is 20.1 Å². The first kappa shape index (κ1) is 16.6. The van der Waals surface area contributed by atoms with Crippen LogP contribution in [0.4, 0.5) is 11.5 Å². The van der Waals surface area contributed by atoms with Gasteiger partial charge in [0.05, 0.1) is 23.5 Å². The molecule has 3 fully saturated rings. The van der Waals surface area contributed by atoms with Gasteiger partial charge in [0, 0.05) is 37.8 Å². The predicted octanol–water partition coefficient (Wildman–Crippen LogP) is 2.49. The lowest BCUT2D eigenvalue weighted by molar-refractivity contribution is 0.102. The third-order valence-electron chi connectivity index (χ3n) is 5.21. The molecular weight excluding hydrogens is 326 g/mol. The molecule has 5 rings (SSSR count). The standard InChI is InChI=1S/C20H21N5O/c21-13-15-2-1-3-16(12-15)20(26)23-17-4-5-19(22-14-17)25-11-10-24-8-6-18(25)7-9-24/h1-5,12,14,18H,6-11H2,(H,23,26). The van der Waals surface area contributed by atoms with Crippen molar-refractivity contribution >= 4 is 17.4 Å². The van der Waals surface area contributed by atoms with Crippen molar-refractivity contribution in [3.63, 3.8) is 0 Å². The lowest BCUT2D eigenvalue weighted by Gasteiger charge is -2.32. The van der Waals surface area contributed by atoms with Crippen LogP contribution in [0.25, 0.3) is 0 Å². The highest BCUT2D eigenvalue weighted by Crippen LogP contribution is 2.26. The number of hydrogen-bond donors (Lipinski definition) is 1. The van der Waals surface area contributed by atoms with E-state index >= 15 is 0 Å². The molecule has 0 atom stereocenters. The van der Waals surface area contributed by atoms with Crippen molar-refractivity contribution in [2.45, 2.75) is 18.9 Å². The molecule has 2 aromatic rings. The normalized spacial score (nSPS) is 21.7. The van der Waals surface area contributed by atoms with E-state index in [1.807, 2.05) is 18.2 Å². The largest absolute Gasteiger partial charge is 0.352 e. The van der Waals surface area contributed by atoms with Gasteiger partial charge in [0.2, 0.25) is 0 Å². The molecule has 0 saturated carbocycles. The summed E-state index contributed by atoms with van der Waals surface area (Å²) in [5.74, 6) is 0.737. The second-order valence-electron chi connectivity index (χ2n) is 6.82. The Labute approximate surface area is 153 Å². The van der Waals surface area contributed by atoms with E-state index < -0.39 is 0 Å². The molecule has 26 heavy (non-hydrogen) atoms. The van der Waals surface area contributed by atoms with Gasteiger partial charge in [-0.2, -0.15) is 5.26 Å². The molecule has 132 valence electrons. The van der Waals surface area contributed by atoms with Gasteiger partial charge in [0.15, 0.2) is 0 Å². The van der Waals surface area contributed by atoms with Crippen LogP contribution in [0.1, 0.15) is 28.8 Å². The van der Waals surface area contributed by atoms with Gasteiger partial charge < -0.3 is 15.1 Å². The van der Waals surface area contributed by atoms with Crippen molar-refractivity contribution in [3.8, 4) is 6.07 Å². The number of hydrogen-bond acceptors (Lipinski definition) is 5. The highest BCUT2D eigenvalue weighted by atomic mass is 16.1.